The maximum atomic E-state index is 9.59. The van der Waals surface area contributed by atoms with E-state index in [9.17, 15) is 9.90 Å². The number of aliphatic hydroxyl groups is 2. The first kappa shape index (κ1) is 29.7. The molecule has 6 heteroatoms. The van der Waals surface area contributed by atoms with Gasteiger partial charge < -0.3 is 25.6 Å². The van der Waals surface area contributed by atoms with Crippen LogP contribution in [0.1, 0.15) is 21.3 Å². The molecule has 0 aliphatic heterocycles. The molecule has 0 aliphatic carbocycles. The molecule has 0 saturated heterocycles. The van der Waals surface area contributed by atoms with Gasteiger partial charge in [0.1, 0.15) is 0 Å². The van der Waals surface area contributed by atoms with E-state index in [0.717, 1.165) is 0 Å². The Morgan fingerprint density at radius 1 is 1.42 bits per heavy atom. The number of carboxylic acids is 1. The third kappa shape index (κ3) is 22.5. The minimum atomic E-state index is -1.36. The zero-order chi connectivity index (χ0) is 6.57. The van der Waals surface area contributed by atoms with Crippen LogP contribution in [0, 0.1) is 0 Å². The van der Waals surface area contributed by atoms with Crippen molar-refractivity contribution in [1.29, 1.82) is 0 Å². The Kier molecular flexibility index (Phi) is 42.4. The summed E-state index contributed by atoms with van der Waals surface area (Å²) in [6.45, 7) is -0.534. The zero-order valence-electron chi connectivity index (χ0n) is 5.70. The number of rotatable bonds is 3. The average molecular weight is 176 g/mol. The van der Waals surface area contributed by atoms with Gasteiger partial charge in [-0.05, 0) is 0 Å². The summed E-state index contributed by atoms with van der Waals surface area (Å²) in [5.74, 6) is -1.36. The largest absolute Gasteiger partial charge is 1.00 e. The van der Waals surface area contributed by atoms with Gasteiger partial charge in [-0.25, -0.2) is 0 Å². The molecule has 0 amide bonds. The first-order chi connectivity index (χ1) is 3.66. The molecule has 0 heterocycles. The predicted molar refractivity (Wildman–Crippen MR) is 39.8 cm³/mol. The molecule has 0 bridgehead atoms. The van der Waals surface area contributed by atoms with Crippen molar-refractivity contribution >= 4 is 5.97 Å². The topological polar surface area (TPSA) is 112 Å². The number of carbonyl (C=O) groups is 1. The molecule has 0 rings (SSSR count). The van der Waals surface area contributed by atoms with Crippen LogP contribution in [0.15, 0.2) is 0 Å². The smallest absolute Gasteiger partial charge is 0.550 e. The van der Waals surface area contributed by atoms with Crippen molar-refractivity contribution in [3.05, 3.63) is 0 Å². The van der Waals surface area contributed by atoms with Crippen molar-refractivity contribution in [2.75, 3.05) is 6.61 Å². The number of hydrogen-bond acceptors (Lipinski definition) is 4. The van der Waals surface area contributed by atoms with E-state index in [2.05, 4.69) is 0 Å². The molecule has 72 valence electrons. The summed E-state index contributed by atoms with van der Waals surface area (Å²) in [6, 6.07) is 0. The second-order valence-electron chi connectivity index (χ2n) is 1.41. The molecule has 0 aliphatic rings. The summed E-state index contributed by atoms with van der Waals surface area (Å²) < 4.78 is 0. The molecule has 0 radical (unpaired) electrons. The molecule has 5 nitrogen and oxygen atoms in total. The van der Waals surface area contributed by atoms with Gasteiger partial charge in [0.25, 0.3) is 0 Å². The SMILES string of the molecule is C.C.O.O=C([O-])C[C@H](O)CO.[Li+]. The average Bonchev–Trinajstić information content (AvgIpc) is 1.65. The molecule has 0 aromatic heterocycles. The molecule has 0 saturated carbocycles. The van der Waals surface area contributed by atoms with Crippen molar-refractivity contribution in [3.8, 4) is 0 Å². The van der Waals surface area contributed by atoms with Gasteiger partial charge >= 0.3 is 18.9 Å². The first-order valence-corrected chi connectivity index (χ1v) is 2.15. The van der Waals surface area contributed by atoms with Crippen LogP contribution < -0.4 is 24.0 Å². The van der Waals surface area contributed by atoms with E-state index in [4.69, 9.17) is 10.2 Å². The van der Waals surface area contributed by atoms with Crippen molar-refractivity contribution in [2.45, 2.75) is 27.4 Å². The van der Waals surface area contributed by atoms with E-state index in [1.165, 1.54) is 0 Å². The number of carbonyl (C=O) groups excluding carboxylic acids is 1. The maximum Gasteiger partial charge on any atom is 1.00 e. The Morgan fingerprint density at radius 3 is 1.83 bits per heavy atom. The molecule has 0 aromatic rings. The van der Waals surface area contributed by atoms with Crippen molar-refractivity contribution in [1.82, 2.24) is 0 Å². The fraction of sp³-hybridized carbons (Fsp3) is 0.833. The van der Waals surface area contributed by atoms with E-state index in [1.807, 2.05) is 0 Å². The summed E-state index contributed by atoms with van der Waals surface area (Å²) >= 11 is 0. The van der Waals surface area contributed by atoms with Crippen LogP contribution in [0.25, 0.3) is 0 Å². The molecular weight excluding hydrogens is 159 g/mol. The van der Waals surface area contributed by atoms with Crippen LogP contribution in [0.3, 0.4) is 0 Å². The fourth-order valence-corrected chi connectivity index (χ4v) is 0.257. The van der Waals surface area contributed by atoms with Gasteiger partial charge in [0.2, 0.25) is 0 Å². The summed E-state index contributed by atoms with van der Waals surface area (Å²) in [6.07, 6.45) is -1.68. The van der Waals surface area contributed by atoms with Gasteiger partial charge in [0.05, 0.1) is 12.7 Å². The molecule has 0 unspecified atom stereocenters. The minimum Gasteiger partial charge on any atom is -0.550 e. The van der Waals surface area contributed by atoms with Crippen molar-refractivity contribution < 1.29 is 44.5 Å². The van der Waals surface area contributed by atoms with E-state index in [-0.39, 0.29) is 39.2 Å². The van der Waals surface area contributed by atoms with Gasteiger partial charge in [-0.2, -0.15) is 0 Å². The Balaban J connectivity index is -0.0000000408. The van der Waals surface area contributed by atoms with Gasteiger partial charge in [-0.15, -0.1) is 0 Å². The Morgan fingerprint density at radius 2 is 1.75 bits per heavy atom. The van der Waals surface area contributed by atoms with Gasteiger partial charge in [-0.3, -0.25) is 0 Å². The van der Waals surface area contributed by atoms with Gasteiger partial charge in [0.15, 0.2) is 0 Å². The van der Waals surface area contributed by atoms with E-state index in [1.54, 1.807) is 0 Å². The number of aliphatic carboxylic acids is 1. The molecule has 0 spiro atoms. The first-order valence-electron chi connectivity index (χ1n) is 2.15. The van der Waals surface area contributed by atoms with Crippen LogP contribution in [-0.2, 0) is 4.79 Å². The van der Waals surface area contributed by atoms with Crippen LogP contribution in [0.2, 0.25) is 0 Å². The minimum absolute atomic E-state index is 0. The predicted octanol–water partition coefficient (Wildman–Crippen LogP) is -5.07. The monoisotopic (exact) mass is 176 g/mol. The van der Waals surface area contributed by atoms with E-state index < -0.39 is 25.1 Å². The Hall–Kier alpha value is -0.0526. The standard InChI is InChI=1S/C4H8O4.2CH4.Li.H2O/c5-2-3(6)1-4(7)8;;;;/h3,5-6H,1-2H2,(H,7,8);2*1H4;;1H2/q;;;+1;/p-1/t3-;;;;/m0..../s1. The fourth-order valence-electron chi connectivity index (χ4n) is 0.257. The summed E-state index contributed by atoms with van der Waals surface area (Å²) in [4.78, 5) is 9.59. The van der Waals surface area contributed by atoms with Gasteiger partial charge in [-0.1, -0.05) is 14.9 Å². The quantitative estimate of drug-likeness (QED) is 0.419. The molecular formula is C6H17LiO5. The van der Waals surface area contributed by atoms with E-state index >= 15 is 0 Å². The normalized spacial score (nSPS) is 8.83. The molecule has 0 fully saturated rings. The maximum absolute atomic E-state index is 9.59. The summed E-state index contributed by atoms with van der Waals surface area (Å²) in [5.41, 5.74) is 0. The van der Waals surface area contributed by atoms with Gasteiger partial charge in [0, 0.05) is 12.4 Å². The molecule has 1 atom stereocenters. The number of aliphatic hydroxyl groups excluding tert-OH is 2. The van der Waals surface area contributed by atoms with Crippen molar-refractivity contribution in [2.24, 2.45) is 0 Å². The second-order valence-corrected chi connectivity index (χ2v) is 1.41. The van der Waals surface area contributed by atoms with Crippen molar-refractivity contribution in [3.63, 3.8) is 0 Å². The molecule has 12 heavy (non-hydrogen) atoms. The molecule has 0 aromatic carbocycles. The third-order valence-electron chi connectivity index (χ3n) is 0.613. The Labute approximate surface area is 84.9 Å². The summed E-state index contributed by atoms with van der Waals surface area (Å²) in [5, 5.41) is 26.0. The third-order valence-corrected chi connectivity index (χ3v) is 0.613. The number of carboxylic acid groups (broad SMARTS) is 1. The van der Waals surface area contributed by atoms with Crippen LogP contribution in [-0.4, -0.2) is 34.4 Å². The van der Waals surface area contributed by atoms with Crippen LogP contribution in [0.4, 0.5) is 0 Å². The zero-order valence-corrected chi connectivity index (χ0v) is 5.70. The summed E-state index contributed by atoms with van der Waals surface area (Å²) in [7, 11) is 0. The number of hydrogen-bond donors (Lipinski definition) is 2. The molecule has 4 N–H and O–H groups in total. The van der Waals surface area contributed by atoms with Crippen LogP contribution >= 0.6 is 0 Å². The Bertz CT molecular complexity index is 88.0. The van der Waals surface area contributed by atoms with E-state index in [0.29, 0.717) is 0 Å². The second kappa shape index (κ2) is 17.2. The van der Waals surface area contributed by atoms with Crippen LogP contribution in [0.5, 0.6) is 0 Å².